The van der Waals surface area contributed by atoms with Crippen LogP contribution in [0.4, 0.5) is 11.4 Å². The van der Waals surface area contributed by atoms with Gasteiger partial charge >= 0.3 is 0 Å². The first-order valence-electron chi connectivity index (χ1n) is 4.35. The number of nitrogens with zero attached hydrogens (tertiary/aromatic N) is 2. The van der Waals surface area contributed by atoms with Gasteiger partial charge in [-0.3, -0.25) is 9.59 Å². The lowest BCUT2D eigenvalue weighted by Gasteiger charge is -2.07. The van der Waals surface area contributed by atoms with Crippen molar-refractivity contribution in [3.63, 3.8) is 0 Å². The summed E-state index contributed by atoms with van der Waals surface area (Å²) in [6, 6.07) is 0. The van der Waals surface area contributed by atoms with E-state index in [4.69, 9.17) is 0 Å². The number of rotatable bonds is 0. The van der Waals surface area contributed by atoms with E-state index in [1.165, 1.54) is 9.36 Å². The van der Waals surface area contributed by atoms with E-state index in [2.05, 4.69) is 10.6 Å². The molecule has 1 aliphatic rings. The zero-order valence-electron chi connectivity index (χ0n) is 8.29. The van der Waals surface area contributed by atoms with E-state index >= 15 is 0 Å². The molecular weight excluding hydrogens is 184 g/mol. The van der Waals surface area contributed by atoms with Gasteiger partial charge in [-0.25, -0.2) is 9.36 Å². The Labute approximate surface area is 80.1 Å². The van der Waals surface area contributed by atoms with Gasteiger partial charge in [-0.2, -0.15) is 0 Å². The predicted octanol–water partition coefficient (Wildman–Crippen LogP) is -0.733. The van der Waals surface area contributed by atoms with Crippen LogP contribution in [0.5, 0.6) is 0 Å². The summed E-state index contributed by atoms with van der Waals surface area (Å²) in [5, 5.41) is 5.83. The summed E-state index contributed by atoms with van der Waals surface area (Å²) >= 11 is 0. The standard InChI is InChI=1S/C8H12N4O2/c1-4-9-5-6(10-4)8(14)12(3)11(2)7(5)13/h4,9-10H,1-3H3. The molecule has 2 N–H and O–H groups in total. The highest BCUT2D eigenvalue weighted by Gasteiger charge is 2.23. The lowest BCUT2D eigenvalue weighted by Crippen LogP contribution is -2.35. The summed E-state index contributed by atoms with van der Waals surface area (Å²) in [4.78, 5) is 23.4. The third kappa shape index (κ3) is 0.966. The molecule has 6 heteroatoms. The summed E-state index contributed by atoms with van der Waals surface area (Å²) in [6.07, 6.45) is -0.0761. The first kappa shape index (κ1) is 8.86. The van der Waals surface area contributed by atoms with Crippen molar-refractivity contribution in [2.75, 3.05) is 10.6 Å². The molecule has 6 nitrogen and oxygen atoms in total. The SMILES string of the molecule is CC1Nc2c(c(=O)n(C)n(C)c2=O)N1. The van der Waals surface area contributed by atoms with E-state index in [0.717, 1.165) is 0 Å². The Morgan fingerprint density at radius 1 is 1.00 bits per heavy atom. The maximum atomic E-state index is 11.7. The average Bonchev–Trinajstić information content (AvgIpc) is 2.54. The maximum absolute atomic E-state index is 11.7. The molecule has 0 aromatic carbocycles. The Bertz CT molecular complexity index is 454. The maximum Gasteiger partial charge on any atom is 0.290 e. The van der Waals surface area contributed by atoms with Gasteiger partial charge in [-0.15, -0.1) is 0 Å². The zero-order chi connectivity index (χ0) is 10.5. The Kier molecular flexibility index (Phi) is 1.67. The second-order valence-corrected chi connectivity index (χ2v) is 3.42. The van der Waals surface area contributed by atoms with E-state index < -0.39 is 0 Å². The van der Waals surface area contributed by atoms with E-state index in [0.29, 0.717) is 11.4 Å². The Morgan fingerprint density at radius 2 is 1.36 bits per heavy atom. The molecule has 0 spiro atoms. The number of fused-ring (bicyclic) bond motifs is 1. The summed E-state index contributed by atoms with van der Waals surface area (Å²) < 4.78 is 2.57. The fourth-order valence-corrected chi connectivity index (χ4v) is 1.55. The molecule has 0 amide bonds. The van der Waals surface area contributed by atoms with Gasteiger partial charge in [0.25, 0.3) is 11.1 Å². The monoisotopic (exact) mass is 196 g/mol. The van der Waals surface area contributed by atoms with Crippen LogP contribution in [0.15, 0.2) is 9.59 Å². The van der Waals surface area contributed by atoms with Crippen LogP contribution in [0.2, 0.25) is 0 Å². The molecule has 76 valence electrons. The zero-order valence-corrected chi connectivity index (χ0v) is 8.29. The van der Waals surface area contributed by atoms with Crippen LogP contribution in [-0.4, -0.2) is 15.5 Å². The van der Waals surface area contributed by atoms with Crippen molar-refractivity contribution in [1.82, 2.24) is 9.36 Å². The Balaban J connectivity index is 2.84. The quantitative estimate of drug-likeness (QED) is 0.574. The smallest absolute Gasteiger partial charge is 0.290 e. The summed E-state index contributed by atoms with van der Waals surface area (Å²) in [5.74, 6) is 0. The van der Waals surface area contributed by atoms with Gasteiger partial charge in [0.1, 0.15) is 11.4 Å². The van der Waals surface area contributed by atoms with Gasteiger partial charge in [-0.05, 0) is 6.92 Å². The first-order chi connectivity index (χ1) is 6.52. The van der Waals surface area contributed by atoms with Crippen molar-refractivity contribution >= 4 is 11.4 Å². The third-order valence-electron chi connectivity index (χ3n) is 2.44. The highest BCUT2D eigenvalue weighted by Crippen LogP contribution is 2.19. The van der Waals surface area contributed by atoms with Crippen LogP contribution >= 0.6 is 0 Å². The fourth-order valence-electron chi connectivity index (χ4n) is 1.55. The van der Waals surface area contributed by atoms with E-state index in [-0.39, 0.29) is 17.3 Å². The number of anilines is 2. The number of hydrogen-bond donors (Lipinski definition) is 2. The number of nitrogens with one attached hydrogen (secondary N) is 2. The van der Waals surface area contributed by atoms with Crippen molar-refractivity contribution in [3.05, 3.63) is 20.7 Å². The molecule has 2 heterocycles. The van der Waals surface area contributed by atoms with Crippen molar-refractivity contribution in [3.8, 4) is 0 Å². The molecule has 0 fully saturated rings. The lowest BCUT2D eigenvalue weighted by molar-refractivity contribution is 0.538. The molecule has 0 bridgehead atoms. The Hall–Kier alpha value is -1.72. The summed E-state index contributed by atoms with van der Waals surface area (Å²) in [5.41, 5.74) is 0.337. The van der Waals surface area contributed by atoms with Crippen molar-refractivity contribution < 1.29 is 0 Å². The highest BCUT2D eigenvalue weighted by molar-refractivity contribution is 5.72. The molecule has 0 radical (unpaired) electrons. The normalized spacial score (nSPS) is 14.8. The van der Waals surface area contributed by atoms with Gasteiger partial charge in [0.2, 0.25) is 0 Å². The molecule has 1 aromatic rings. The number of hydrogen-bond acceptors (Lipinski definition) is 4. The van der Waals surface area contributed by atoms with Gasteiger partial charge in [0.15, 0.2) is 0 Å². The first-order valence-corrected chi connectivity index (χ1v) is 4.35. The molecule has 2 rings (SSSR count). The lowest BCUT2D eigenvalue weighted by atomic mass is 10.4. The van der Waals surface area contributed by atoms with Crippen LogP contribution in [0.3, 0.4) is 0 Å². The highest BCUT2D eigenvalue weighted by atomic mass is 16.2. The van der Waals surface area contributed by atoms with Crippen LogP contribution in [0.25, 0.3) is 0 Å². The molecule has 1 aromatic heterocycles. The van der Waals surface area contributed by atoms with Gasteiger partial charge in [-0.1, -0.05) is 0 Å². The minimum atomic E-state index is -0.195. The third-order valence-corrected chi connectivity index (χ3v) is 2.44. The second kappa shape index (κ2) is 2.63. The van der Waals surface area contributed by atoms with Crippen molar-refractivity contribution in [1.29, 1.82) is 0 Å². The van der Waals surface area contributed by atoms with E-state index in [1.54, 1.807) is 14.1 Å². The largest absolute Gasteiger partial charge is 0.359 e. The van der Waals surface area contributed by atoms with Crippen molar-refractivity contribution in [2.24, 2.45) is 14.1 Å². The van der Waals surface area contributed by atoms with Crippen LogP contribution in [-0.2, 0) is 14.1 Å². The molecule has 0 saturated carbocycles. The van der Waals surface area contributed by atoms with E-state index in [1.807, 2.05) is 6.92 Å². The van der Waals surface area contributed by atoms with Gasteiger partial charge in [0, 0.05) is 14.1 Å². The topological polar surface area (TPSA) is 68.1 Å². The van der Waals surface area contributed by atoms with Crippen LogP contribution < -0.4 is 21.8 Å². The van der Waals surface area contributed by atoms with Crippen molar-refractivity contribution in [2.45, 2.75) is 13.1 Å². The number of aromatic nitrogens is 2. The molecule has 0 atom stereocenters. The molecule has 0 aliphatic carbocycles. The molecule has 1 aliphatic heterocycles. The second-order valence-electron chi connectivity index (χ2n) is 3.42. The summed E-state index contributed by atoms with van der Waals surface area (Å²) in [6.45, 7) is 1.85. The molecule has 0 unspecified atom stereocenters. The molecule has 14 heavy (non-hydrogen) atoms. The predicted molar refractivity (Wildman–Crippen MR) is 53.6 cm³/mol. The van der Waals surface area contributed by atoms with Crippen LogP contribution in [0, 0.1) is 0 Å². The van der Waals surface area contributed by atoms with E-state index in [9.17, 15) is 9.59 Å². The summed E-state index contributed by atoms with van der Waals surface area (Å²) in [7, 11) is 3.13. The Morgan fingerprint density at radius 3 is 1.71 bits per heavy atom. The minimum Gasteiger partial charge on any atom is -0.359 e. The fraction of sp³-hybridized carbons (Fsp3) is 0.500. The van der Waals surface area contributed by atoms with Gasteiger partial charge < -0.3 is 10.6 Å². The average molecular weight is 196 g/mol. The minimum absolute atomic E-state index is 0.0761. The molecule has 0 saturated heterocycles. The molecular formula is C8H12N4O2. The van der Waals surface area contributed by atoms with Crippen LogP contribution in [0.1, 0.15) is 6.92 Å². The van der Waals surface area contributed by atoms with Gasteiger partial charge in [0.05, 0.1) is 6.17 Å².